The topological polar surface area (TPSA) is 77.8 Å². The third-order valence-corrected chi connectivity index (χ3v) is 2.43. The summed E-state index contributed by atoms with van der Waals surface area (Å²) in [6.07, 6.45) is -0.605. The van der Waals surface area contributed by atoms with Gasteiger partial charge < -0.3 is 15.3 Å². The Kier molecular flexibility index (Phi) is 2.39. The number of aliphatic hydroxyl groups excluding tert-OH is 2. The van der Waals surface area contributed by atoms with Gasteiger partial charge >= 0.3 is 5.97 Å². The van der Waals surface area contributed by atoms with Crippen molar-refractivity contribution in [2.24, 2.45) is 5.41 Å². The predicted molar refractivity (Wildman–Crippen MR) is 41.6 cm³/mol. The fourth-order valence-electron chi connectivity index (χ4n) is 1.78. The van der Waals surface area contributed by atoms with Crippen LogP contribution < -0.4 is 0 Å². The van der Waals surface area contributed by atoms with Crippen LogP contribution in [0.1, 0.15) is 26.2 Å². The molecule has 4 nitrogen and oxygen atoms in total. The van der Waals surface area contributed by atoms with Crippen LogP contribution in [-0.4, -0.2) is 33.5 Å². The summed E-state index contributed by atoms with van der Waals surface area (Å²) in [7, 11) is 0. The van der Waals surface area contributed by atoms with Crippen LogP contribution in [0.15, 0.2) is 0 Å². The number of carbonyl (C=O) groups is 1. The van der Waals surface area contributed by atoms with Gasteiger partial charge in [-0.15, -0.1) is 0 Å². The minimum atomic E-state index is -0.961. The number of aliphatic carboxylic acids is 1. The van der Waals surface area contributed by atoms with Crippen molar-refractivity contribution >= 4 is 5.97 Å². The van der Waals surface area contributed by atoms with Crippen LogP contribution in [0.4, 0.5) is 0 Å². The quantitative estimate of drug-likeness (QED) is 0.522. The fraction of sp³-hybridized carbons (Fsp3) is 0.875. The molecule has 0 spiro atoms. The molecular formula is C8H14O4. The van der Waals surface area contributed by atoms with Crippen molar-refractivity contribution in [3.63, 3.8) is 0 Å². The normalized spacial score (nSPS) is 42.6. The van der Waals surface area contributed by atoms with E-state index in [1.807, 2.05) is 0 Å². The Hall–Kier alpha value is -0.610. The molecule has 12 heavy (non-hydrogen) atoms. The number of hydrogen-bond acceptors (Lipinski definition) is 3. The minimum absolute atomic E-state index is 0.236. The molecule has 0 aromatic carbocycles. The highest BCUT2D eigenvalue weighted by molar-refractivity contribution is 5.74. The molecule has 4 heteroatoms. The van der Waals surface area contributed by atoms with E-state index in [9.17, 15) is 15.0 Å². The van der Waals surface area contributed by atoms with E-state index in [2.05, 4.69) is 0 Å². The summed E-state index contributed by atoms with van der Waals surface area (Å²) in [4.78, 5) is 10.7. The average Bonchev–Trinajstić information content (AvgIpc) is 1.82. The lowest BCUT2D eigenvalue weighted by Crippen LogP contribution is -2.41. The molecule has 0 aliphatic heterocycles. The Labute approximate surface area is 70.8 Å². The Bertz CT molecular complexity index is 179. The maximum absolute atomic E-state index is 10.7. The summed E-state index contributed by atoms with van der Waals surface area (Å²) in [6, 6.07) is 0. The van der Waals surface area contributed by atoms with Crippen LogP contribution in [0.5, 0.6) is 0 Å². The van der Waals surface area contributed by atoms with E-state index in [0.29, 0.717) is 6.42 Å². The molecule has 1 unspecified atom stereocenters. The number of aliphatic hydroxyl groups is 2. The van der Waals surface area contributed by atoms with Crippen LogP contribution in [0.2, 0.25) is 0 Å². The smallest absolute Gasteiger partial charge is 0.309 e. The molecule has 0 aromatic rings. The van der Waals surface area contributed by atoms with Crippen LogP contribution in [0, 0.1) is 5.41 Å². The molecule has 3 N–H and O–H groups in total. The SMILES string of the molecule is CC1(C(=O)O)C[C@H](O)C[C@H](O)C1. The zero-order chi connectivity index (χ0) is 9.35. The average molecular weight is 174 g/mol. The number of carboxylic acids is 1. The van der Waals surface area contributed by atoms with Gasteiger partial charge in [0.25, 0.3) is 0 Å². The lowest BCUT2D eigenvalue weighted by atomic mass is 9.73. The summed E-state index contributed by atoms with van der Waals surface area (Å²) in [6.45, 7) is 1.56. The number of rotatable bonds is 1. The molecule has 1 saturated carbocycles. The van der Waals surface area contributed by atoms with Gasteiger partial charge in [-0.1, -0.05) is 0 Å². The molecule has 0 amide bonds. The van der Waals surface area contributed by atoms with Crippen molar-refractivity contribution in [2.45, 2.75) is 38.4 Å². The van der Waals surface area contributed by atoms with E-state index >= 15 is 0 Å². The minimum Gasteiger partial charge on any atom is -0.481 e. The second-order valence-electron chi connectivity index (χ2n) is 3.82. The van der Waals surface area contributed by atoms with Gasteiger partial charge in [0, 0.05) is 0 Å². The molecule has 0 saturated heterocycles. The highest BCUT2D eigenvalue weighted by atomic mass is 16.4. The zero-order valence-corrected chi connectivity index (χ0v) is 7.03. The Morgan fingerprint density at radius 2 is 1.75 bits per heavy atom. The molecule has 1 aliphatic rings. The molecule has 70 valence electrons. The van der Waals surface area contributed by atoms with E-state index in [-0.39, 0.29) is 12.8 Å². The monoisotopic (exact) mass is 174 g/mol. The highest BCUT2D eigenvalue weighted by Crippen LogP contribution is 2.36. The van der Waals surface area contributed by atoms with E-state index < -0.39 is 23.6 Å². The van der Waals surface area contributed by atoms with Crippen molar-refractivity contribution in [3.05, 3.63) is 0 Å². The molecule has 1 aliphatic carbocycles. The predicted octanol–water partition coefficient (Wildman–Crippen LogP) is -0.0170. The van der Waals surface area contributed by atoms with Gasteiger partial charge in [0.1, 0.15) is 0 Å². The maximum Gasteiger partial charge on any atom is 0.309 e. The first-order chi connectivity index (χ1) is 5.44. The van der Waals surface area contributed by atoms with Crippen molar-refractivity contribution in [2.75, 3.05) is 0 Å². The summed E-state index contributed by atoms with van der Waals surface area (Å²) in [5.74, 6) is -0.944. The van der Waals surface area contributed by atoms with Gasteiger partial charge in [-0.25, -0.2) is 0 Å². The molecule has 1 fully saturated rings. The van der Waals surface area contributed by atoms with Crippen LogP contribution in [0.25, 0.3) is 0 Å². The molecule has 1 rings (SSSR count). The van der Waals surface area contributed by atoms with Gasteiger partial charge in [0.05, 0.1) is 17.6 Å². The lowest BCUT2D eigenvalue weighted by Gasteiger charge is -2.35. The van der Waals surface area contributed by atoms with E-state index in [0.717, 1.165) is 0 Å². The molecule has 0 bridgehead atoms. The first kappa shape index (κ1) is 9.48. The summed E-state index contributed by atoms with van der Waals surface area (Å²) in [5, 5.41) is 27.3. The van der Waals surface area contributed by atoms with Crippen molar-refractivity contribution in [3.8, 4) is 0 Å². The van der Waals surface area contributed by atoms with Crippen LogP contribution in [0.3, 0.4) is 0 Å². The first-order valence-corrected chi connectivity index (χ1v) is 4.03. The van der Waals surface area contributed by atoms with Gasteiger partial charge in [0.2, 0.25) is 0 Å². The highest BCUT2D eigenvalue weighted by Gasteiger charge is 2.41. The number of carboxylic acid groups (broad SMARTS) is 1. The van der Waals surface area contributed by atoms with Crippen molar-refractivity contribution in [1.82, 2.24) is 0 Å². The summed E-state index contributed by atoms with van der Waals surface area (Å²) in [5.41, 5.74) is -0.961. The molecule has 0 heterocycles. The standard InChI is InChI=1S/C8H14O4/c1-8(7(11)12)3-5(9)2-6(10)4-8/h5-6,9-10H,2-4H2,1H3,(H,11,12)/t5-,6+,8?. The second kappa shape index (κ2) is 3.03. The molecule has 0 radical (unpaired) electrons. The Morgan fingerprint density at radius 3 is 2.08 bits per heavy atom. The molecular weight excluding hydrogens is 160 g/mol. The maximum atomic E-state index is 10.7. The second-order valence-corrected chi connectivity index (χ2v) is 3.82. The van der Waals surface area contributed by atoms with Crippen LogP contribution >= 0.6 is 0 Å². The lowest BCUT2D eigenvalue weighted by molar-refractivity contribution is -0.155. The largest absolute Gasteiger partial charge is 0.481 e. The third kappa shape index (κ3) is 1.76. The van der Waals surface area contributed by atoms with E-state index in [1.54, 1.807) is 6.92 Å². The van der Waals surface area contributed by atoms with Crippen LogP contribution in [-0.2, 0) is 4.79 Å². The van der Waals surface area contributed by atoms with Gasteiger partial charge in [-0.05, 0) is 26.2 Å². The van der Waals surface area contributed by atoms with E-state index in [4.69, 9.17) is 5.11 Å². The van der Waals surface area contributed by atoms with Crippen molar-refractivity contribution < 1.29 is 20.1 Å². The van der Waals surface area contributed by atoms with Gasteiger partial charge in [-0.2, -0.15) is 0 Å². The van der Waals surface area contributed by atoms with E-state index in [1.165, 1.54) is 0 Å². The number of hydrogen-bond donors (Lipinski definition) is 3. The zero-order valence-electron chi connectivity index (χ0n) is 7.03. The molecule has 3 atom stereocenters. The Morgan fingerprint density at radius 1 is 1.33 bits per heavy atom. The summed E-state index contributed by atoms with van der Waals surface area (Å²) < 4.78 is 0. The fourth-order valence-corrected chi connectivity index (χ4v) is 1.78. The van der Waals surface area contributed by atoms with Gasteiger partial charge in [0.15, 0.2) is 0 Å². The third-order valence-electron chi connectivity index (χ3n) is 2.43. The first-order valence-electron chi connectivity index (χ1n) is 4.03. The Balaban J connectivity index is 2.71. The van der Waals surface area contributed by atoms with Gasteiger partial charge in [-0.3, -0.25) is 4.79 Å². The molecule has 0 aromatic heterocycles. The summed E-state index contributed by atoms with van der Waals surface area (Å²) >= 11 is 0. The van der Waals surface area contributed by atoms with Crippen molar-refractivity contribution in [1.29, 1.82) is 0 Å².